The highest BCUT2D eigenvalue weighted by molar-refractivity contribution is 14.0. The lowest BCUT2D eigenvalue weighted by Gasteiger charge is -2.17. The van der Waals surface area contributed by atoms with E-state index in [1.165, 1.54) is 24.1 Å². The smallest absolute Gasteiger partial charge is 0.387 e. The van der Waals surface area contributed by atoms with E-state index in [4.69, 9.17) is 9.47 Å². The monoisotopic (exact) mass is 542 g/mol. The Bertz CT molecular complexity index is 701. The summed E-state index contributed by atoms with van der Waals surface area (Å²) >= 11 is 0. The van der Waals surface area contributed by atoms with E-state index >= 15 is 0 Å². The van der Waals surface area contributed by atoms with Crippen molar-refractivity contribution in [1.29, 1.82) is 0 Å². The van der Waals surface area contributed by atoms with E-state index in [1.807, 2.05) is 0 Å². The van der Waals surface area contributed by atoms with Crippen molar-refractivity contribution in [3.8, 4) is 11.5 Å². The van der Waals surface area contributed by atoms with Crippen LogP contribution in [0.2, 0.25) is 0 Å². The Hall–Kier alpha value is -1.89. The highest BCUT2D eigenvalue weighted by Crippen LogP contribution is 2.26. The molecule has 1 saturated heterocycles. The molecule has 170 valence electrons. The minimum absolute atomic E-state index is 0. The molecule has 1 aliphatic heterocycles. The molecular weight excluding hydrogens is 513 g/mol. The number of aliphatic imine (C=N–C) groups is 1. The predicted octanol–water partition coefficient (Wildman–Crippen LogP) is 2.22. The molecule has 1 amide bonds. The number of benzene rings is 1. The molecule has 1 fully saturated rings. The van der Waals surface area contributed by atoms with Crippen LogP contribution in [-0.2, 0) is 16.1 Å². The number of alkyl halides is 2. The molecule has 2 rings (SSSR count). The van der Waals surface area contributed by atoms with Crippen molar-refractivity contribution < 1.29 is 27.8 Å². The van der Waals surface area contributed by atoms with Gasteiger partial charge in [-0.25, -0.2) is 4.99 Å². The van der Waals surface area contributed by atoms with Crippen LogP contribution in [0.25, 0.3) is 0 Å². The summed E-state index contributed by atoms with van der Waals surface area (Å²) in [5.74, 6) is 0.773. The maximum absolute atomic E-state index is 12.7. The van der Waals surface area contributed by atoms with Crippen molar-refractivity contribution in [2.75, 3.05) is 40.9 Å². The van der Waals surface area contributed by atoms with E-state index in [0.717, 1.165) is 19.4 Å². The number of methoxy groups -OCH3 is 1. The van der Waals surface area contributed by atoms with Crippen molar-refractivity contribution in [3.63, 3.8) is 0 Å². The largest absolute Gasteiger partial charge is 0.497 e. The van der Waals surface area contributed by atoms with Crippen molar-refractivity contribution in [2.24, 2.45) is 4.99 Å². The number of hydrogen-bond donors (Lipinski definition) is 2. The molecule has 1 aromatic carbocycles. The number of hydrogen-bond acceptors (Lipinski definition) is 5. The number of nitrogens with one attached hydrogen (secondary N) is 2. The van der Waals surface area contributed by atoms with Crippen LogP contribution in [-0.4, -0.2) is 70.4 Å². The fourth-order valence-electron chi connectivity index (χ4n) is 2.69. The second kappa shape index (κ2) is 13.4. The van der Waals surface area contributed by atoms with E-state index in [9.17, 15) is 13.6 Å². The van der Waals surface area contributed by atoms with Crippen molar-refractivity contribution in [1.82, 2.24) is 15.5 Å². The highest BCUT2D eigenvalue weighted by atomic mass is 127. The predicted molar refractivity (Wildman–Crippen MR) is 120 cm³/mol. The van der Waals surface area contributed by atoms with Crippen molar-refractivity contribution in [3.05, 3.63) is 23.8 Å². The average molecular weight is 542 g/mol. The Morgan fingerprint density at radius 3 is 2.73 bits per heavy atom. The van der Waals surface area contributed by atoms with Crippen molar-refractivity contribution >= 4 is 35.8 Å². The normalized spacial score (nSPS) is 16.1. The number of guanidine groups is 1. The Balaban J connectivity index is 0.00000450. The molecule has 0 radical (unpaired) electrons. The summed E-state index contributed by atoms with van der Waals surface area (Å²) in [6, 6.07) is 4.54. The molecule has 2 N–H and O–H groups in total. The fraction of sp³-hybridized carbons (Fsp3) is 0.579. The summed E-state index contributed by atoms with van der Waals surface area (Å²) in [5.41, 5.74) is 0.432. The molecule has 0 bridgehead atoms. The maximum atomic E-state index is 12.7. The number of likely N-dealkylation sites (N-methyl/N-ethyl adjacent to an activating group) is 1. The molecule has 1 aliphatic rings. The van der Waals surface area contributed by atoms with E-state index in [-0.39, 0.29) is 54.8 Å². The second-order valence-electron chi connectivity index (χ2n) is 6.67. The van der Waals surface area contributed by atoms with Gasteiger partial charge in [-0.2, -0.15) is 8.78 Å². The molecule has 1 atom stereocenters. The maximum Gasteiger partial charge on any atom is 0.387 e. The summed E-state index contributed by atoms with van der Waals surface area (Å²) in [4.78, 5) is 17.8. The van der Waals surface area contributed by atoms with Gasteiger partial charge in [0.15, 0.2) is 5.96 Å². The molecule has 0 saturated carbocycles. The van der Waals surface area contributed by atoms with Crippen LogP contribution >= 0.6 is 24.0 Å². The first-order chi connectivity index (χ1) is 13.9. The number of carbonyl (C=O) groups excluding carboxylic acids is 1. The van der Waals surface area contributed by atoms with Gasteiger partial charge < -0.3 is 29.7 Å². The number of rotatable bonds is 9. The minimum atomic E-state index is -2.95. The first-order valence-corrected chi connectivity index (χ1v) is 9.34. The quantitative estimate of drug-likeness (QED) is 0.283. The lowest BCUT2D eigenvalue weighted by molar-refractivity contribution is -0.127. The molecule has 11 heteroatoms. The second-order valence-corrected chi connectivity index (χ2v) is 6.67. The third-order valence-electron chi connectivity index (χ3n) is 4.32. The molecule has 1 aromatic rings. The van der Waals surface area contributed by atoms with Gasteiger partial charge in [-0.05, 0) is 31.0 Å². The van der Waals surface area contributed by atoms with Gasteiger partial charge in [-0.3, -0.25) is 4.79 Å². The van der Waals surface area contributed by atoms with Crippen LogP contribution in [0.15, 0.2) is 23.2 Å². The fourth-order valence-corrected chi connectivity index (χ4v) is 2.69. The van der Waals surface area contributed by atoms with E-state index < -0.39 is 6.61 Å². The molecule has 8 nitrogen and oxygen atoms in total. The first-order valence-electron chi connectivity index (χ1n) is 9.34. The highest BCUT2D eigenvalue weighted by Gasteiger charge is 2.16. The Morgan fingerprint density at radius 2 is 2.13 bits per heavy atom. The van der Waals surface area contributed by atoms with Crippen LogP contribution in [0.3, 0.4) is 0 Å². The lowest BCUT2D eigenvalue weighted by Crippen LogP contribution is -2.45. The SMILES string of the molecule is COc1ccc(OC(F)F)c(CN=C(NCC(=O)N(C)C)NCC2CCCO2)c1.I. The van der Waals surface area contributed by atoms with Crippen LogP contribution in [0.4, 0.5) is 8.78 Å². The summed E-state index contributed by atoms with van der Waals surface area (Å²) in [7, 11) is 4.80. The van der Waals surface area contributed by atoms with Gasteiger partial charge in [0.05, 0.1) is 26.3 Å². The van der Waals surface area contributed by atoms with Crippen LogP contribution in [0, 0.1) is 0 Å². The van der Waals surface area contributed by atoms with E-state index in [1.54, 1.807) is 20.2 Å². The summed E-state index contributed by atoms with van der Waals surface area (Å²) in [6.45, 7) is -1.59. The topological polar surface area (TPSA) is 84.4 Å². The molecule has 0 aliphatic carbocycles. The van der Waals surface area contributed by atoms with Gasteiger partial charge in [-0.15, -0.1) is 24.0 Å². The van der Waals surface area contributed by atoms with E-state index in [0.29, 0.717) is 23.8 Å². The minimum Gasteiger partial charge on any atom is -0.497 e. The van der Waals surface area contributed by atoms with Crippen LogP contribution in [0.1, 0.15) is 18.4 Å². The third-order valence-corrected chi connectivity index (χ3v) is 4.32. The zero-order valence-electron chi connectivity index (χ0n) is 17.3. The average Bonchev–Trinajstić information content (AvgIpc) is 3.21. The summed E-state index contributed by atoms with van der Waals surface area (Å²) in [6.07, 6.45) is 2.02. The number of halogens is 3. The number of ether oxygens (including phenoxy) is 3. The molecule has 1 heterocycles. The summed E-state index contributed by atoms with van der Waals surface area (Å²) in [5, 5.41) is 6.09. The van der Waals surface area contributed by atoms with Gasteiger partial charge in [0.1, 0.15) is 11.5 Å². The zero-order valence-corrected chi connectivity index (χ0v) is 19.7. The molecule has 0 spiro atoms. The van der Waals surface area contributed by atoms with Gasteiger partial charge in [0.25, 0.3) is 0 Å². The Morgan fingerprint density at radius 1 is 1.37 bits per heavy atom. The molecule has 30 heavy (non-hydrogen) atoms. The zero-order chi connectivity index (χ0) is 21.2. The summed E-state index contributed by atoms with van der Waals surface area (Å²) < 4.78 is 40.7. The standard InChI is InChI=1S/C19H28F2N4O4.HI/c1-25(2)17(26)12-24-19(23-11-15-5-4-8-28-15)22-10-13-9-14(27-3)6-7-16(13)29-18(20)21;/h6-7,9,15,18H,4-5,8,10-12H2,1-3H3,(H2,22,23,24);1H. The first kappa shape index (κ1) is 26.1. The molecule has 0 aromatic heterocycles. The van der Waals surface area contributed by atoms with Gasteiger partial charge in [0.2, 0.25) is 5.91 Å². The van der Waals surface area contributed by atoms with Gasteiger partial charge in [0, 0.05) is 32.8 Å². The number of nitrogens with zero attached hydrogens (tertiary/aromatic N) is 2. The van der Waals surface area contributed by atoms with Crippen LogP contribution < -0.4 is 20.1 Å². The molecular formula is C19H29F2IN4O4. The Labute approximate surface area is 192 Å². The van der Waals surface area contributed by atoms with E-state index in [2.05, 4.69) is 20.4 Å². The van der Waals surface area contributed by atoms with Gasteiger partial charge in [-0.1, -0.05) is 0 Å². The lowest BCUT2D eigenvalue weighted by atomic mass is 10.2. The van der Waals surface area contributed by atoms with Crippen LogP contribution in [0.5, 0.6) is 11.5 Å². The number of carbonyl (C=O) groups is 1. The van der Waals surface area contributed by atoms with Gasteiger partial charge >= 0.3 is 6.61 Å². The molecule has 1 unspecified atom stereocenters. The third kappa shape index (κ3) is 8.86. The Kier molecular flexibility index (Phi) is 11.7. The van der Waals surface area contributed by atoms with Crippen molar-refractivity contribution in [2.45, 2.75) is 32.1 Å². The number of amides is 1.